The highest BCUT2D eigenvalue weighted by atomic mass is 32.2. The lowest BCUT2D eigenvalue weighted by molar-refractivity contribution is 0.475. The van der Waals surface area contributed by atoms with Crippen LogP contribution in [0.2, 0.25) is 0 Å². The van der Waals surface area contributed by atoms with Crippen LogP contribution in [0.1, 0.15) is 0 Å². The van der Waals surface area contributed by atoms with E-state index < -0.39 is 10.1 Å². The summed E-state index contributed by atoms with van der Waals surface area (Å²) in [5, 5.41) is 10.6. The number of aromatic hydroxyl groups is 1. The van der Waals surface area contributed by atoms with E-state index in [1.807, 2.05) is 0 Å². The number of rotatable bonds is 1. The van der Waals surface area contributed by atoms with E-state index in [0.29, 0.717) is 5.39 Å². The molecule has 5 nitrogen and oxygen atoms in total. The third-order valence-corrected chi connectivity index (χ3v) is 2.94. The molecule has 0 bridgehead atoms. The summed E-state index contributed by atoms with van der Waals surface area (Å²) in [6.07, 6.45) is 0. The molecule has 4 N–H and O–H groups in total. The summed E-state index contributed by atoms with van der Waals surface area (Å²) in [6.45, 7) is 0. The Bertz CT molecular complexity index is 622. The average Bonchev–Trinajstić information content (AvgIpc) is 2.29. The smallest absolute Gasteiger partial charge is 0.294 e. The van der Waals surface area contributed by atoms with Gasteiger partial charge in [-0.3, -0.25) is 4.55 Å². The van der Waals surface area contributed by atoms with E-state index in [1.54, 1.807) is 12.1 Å². The van der Waals surface area contributed by atoms with E-state index in [4.69, 9.17) is 4.55 Å². The van der Waals surface area contributed by atoms with Gasteiger partial charge in [0.2, 0.25) is 0 Å². The monoisotopic (exact) mass is 255 g/mol. The maximum atomic E-state index is 10.9. The van der Waals surface area contributed by atoms with E-state index in [9.17, 15) is 13.5 Å². The van der Waals surface area contributed by atoms with Crippen LogP contribution in [0.3, 0.4) is 0 Å². The van der Waals surface area contributed by atoms with Crippen molar-refractivity contribution in [1.82, 2.24) is 0 Å². The molecule has 0 aliphatic rings. The van der Waals surface area contributed by atoms with E-state index in [0.717, 1.165) is 5.39 Å². The minimum atomic E-state index is -4.19. The molecule has 0 amide bonds. The predicted molar refractivity (Wildman–Crippen MR) is 65.5 cm³/mol. The number of hydrogen-bond donors (Lipinski definition) is 3. The van der Waals surface area contributed by atoms with Crippen molar-refractivity contribution < 1.29 is 18.1 Å². The van der Waals surface area contributed by atoms with Gasteiger partial charge in [0.05, 0.1) is 4.90 Å². The SMILES string of the molecule is CN.O=S(=O)(O)c1ccc2ccc(O)cc2c1. The molecule has 0 heterocycles. The van der Waals surface area contributed by atoms with Gasteiger partial charge in [-0.25, -0.2) is 0 Å². The molecular formula is C11H13NO4S. The van der Waals surface area contributed by atoms with Crippen molar-refractivity contribution in [2.45, 2.75) is 4.90 Å². The van der Waals surface area contributed by atoms with Crippen molar-refractivity contribution >= 4 is 20.9 Å². The van der Waals surface area contributed by atoms with Crippen molar-refractivity contribution in [3.05, 3.63) is 36.4 Å². The Morgan fingerprint density at radius 3 is 2.18 bits per heavy atom. The molecule has 92 valence electrons. The van der Waals surface area contributed by atoms with Crippen molar-refractivity contribution in [3.63, 3.8) is 0 Å². The normalized spacial score (nSPS) is 10.8. The van der Waals surface area contributed by atoms with Crippen molar-refractivity contribution in [1.29, 1.82) is 0 Å². The molecule has 0 saturated heterocycles. The van der Waals surface area contributed by atoms with Gasteiger partial charge in [0.15, 0.2) is 0 Å². The van der Waals surface area contributed by atoms with Gasteiger partial charge in [0.1, 0.15) is 5.75 Å². The molecule has 0 spiro atoms. The first-order valence-electron chi connectivity index (χ1n) is 4.75. The zero-order chi connectivity index (χ0) is 13.1. The van der Waals surface area contributed by atoms with Crippen LogP contribution in [0.4, 0.5) is 0 Å². The second-order valence-electron chi connectivity index (χ2n) is 3.17. The quantitative estimate of drug-likeness (QED) is 0.668. The van der Waals surface area contributed by atoms with Crippen LogP contribution < -0.4 is 5.73 Å². The number of phenols is 1. The first kappa shape index (κ1) is 13.4. The van der Waals surface area contributed by atoms with Crippen molar-refractivity contribution in [2.75, 3.05) is 7.05 Å². The van der Waals surface area contributed by atoms with Crippen LogP contribution in [-0.4, -0.2) is 25.1 Å². The van der Waals surface area contributed by atoms with Crippen LogP contribution in [0, 0.1) is 0 Å². The Kier molecular flexibility index (Phi) is 4.06. The lowest BCUT2D eigenvalue weighted by atomic mass is 10.1. The summed E-state index contributed by atoms with van der Waals surface area (Å²) >= 11 is 0. The molecule has 0 fully saturated rings. The molecule has 2 aromatic carbocycles. The summed E-state index contributed by atoms with van der Waals surface area (Å²) < 4.78 is 30.5. The van der Waals surface area contributed by atoms with Gasteiger partial charge in [-0.2, -0.15) is 8.42 Å². The van der Waals surface area contributed by atoms with Crippen LogP contribution in [-0.2, 0) is 10.1 Å². The van der Waals surface area contributed by atoms with Gasteiger partial charge in [0, 0.05) is 0 Å². The minimum Gasteiger partial charge on any atom is -0.508 e. The largest absolute Gasteiger partial charge is 0.508 e. The molecule has 0 aromatic heterocycles. The molecule has 17 heavy (non-hydrogen) atoms. The van der Waals surface area contributed by atoms with Gasteiger partial charge < -0.3 is 10.8 Å². The first-order chi connectivity index (χ1) is 7.97. The summed E-state index contributed by atoms with van der Waals surface area (Å²) in [5.74, 6) is 0.0509. The lowest BCUT2D eigenvalue weighted by Crippen LogP contribution is -1.97. The molecule has 2 rings (SSSR count). The highest BCUT2D eigenvalue weighted by Gasteiger charge is 2.09. The fourth-order valence-corrected chi connectivity index (χ4v) is 1.89. The van der Waals surface area contributed by atoms with Gasteiger partial charge in [-0.1, -0.05) is 12.1 Å². The number of hydrogen-bond acceptors (Lipinski definition) is 4. The maximum Gasteiger partial charge on any atom is 0.294 e. The number of benzene rings is 2. The van der Waals surface area contributed by atoms with E-state index in [-0.39, 0.29) is 10.6 Å². The Morgan fingerprint density at radius 1 is 1.00 bits per heavy atom. The fraction of sp³-hybridized carbons (Fsp3) is 0.0909. The van der Waals surface area contributed by atoms with Crippen LogP contribution in [0.5, 0.6) is 5.75 Å². The molecule has 0 unspecified atom stereocenters. The van der Waals surface area contributed by atoms with E-state index >= 15 is 0 Å². The molecule has 0 aliphatic carbocycles. The molecule has 0 saturated carbocycles. The second-order valence-corrected chi connectivity index (χ2v) is 4.59. The molecular weight excluding hydrogens is 242 g/mol. The Balaban J connectivity index is 0.000000686. The Morgan fingerprint density at radius 2 is 1.59 bits per heavy atom. The minimum absolute atomic E-state index is 0.0509. The van der Waals surface area contributed by atoms with E-state index in [1.165, 1.54) is 31.3 Å². The van der Waals surface area contributed by atoms with Crippen LogP contribution in [0.25, 0.3) is 10.8 Å². The lowest BCUT2D eigenvalue weighted by Gasteiger charge is -2.01. The topological polar surface area (TPSA) is 101 Å². The molecule has 0 radical (unpaired) electrons. The van der Waals surface area contributed by atoms with Crippen LogP contribution in [0.15, 0.2) is 41.3 Å². The highest BCUT2D eigenvalue weighted by molar-refractivity contribution is 7.85. The van der Waals surface area contributed by atoms with Gasteiger partial charge in [0.25, 0.3) is 10.1 Å². The predicted octanol–water partition coefficient (Wildman–Crippen LogP) is 1.37. The van der Waals surface area contributed by atoms with Crippen molar-refractivity contribution in [3.8, 4) is 5.75 Å². The highest BCUT2D eigenvalue weighted by Crippen LogP contribution is 2.22. The van der Waals surface area contributed by atoms with Crippen molar-refractivity contribution in [2.24, 2.45) is 5.73 Å². The molecule has 2 aromatic rings. The van der Waals surface area contributed by atoms with Crippen LogP contribution >= 0.6 is 0 Å². The molecule has 0 aliphatic heterocycles. The third-order valence-electron chi connectivity index (χ3n) is 2.09. The zero-order valence-corrected chi connectivity index (χ0v) is 9.98. The number of nitrogens with two attached hydrogens (primary N) is 1. The fourth-order valence-electron chi connectivity index (χ4n) is 1.37. The zero-order valence-electron chi connectivity index (χ0n) is 9.16. The Labute approximate surface area is 99.2 Å². The number of fused-ring (bicyclic) bond motifs is 1. The standard InChI is InChI=1S/C10H8O4S.CH5N/c11-9-3-1-7-2-4-10(15(12,13)14)6-8(7)5-9;1-2/h1-6,11H,(H,12,13,14);2H2,1H3. The van der Waals surface area contributed by atoms with Gasteiger partial charge >= 0.3 is 0 Å². The molecule has 6 heteroatoms. The second kappa shape index (κ2) is 5.13. The maximum absolute atomic E-state index is 10.9. The third kappa shape index (κ3) is 3.16. The van der Waals surface area contributed by atoms with Gasteiger partial charge in [-0.05, 0) is 42.1 Å². The van der Waals surface area contributed by atoms with Gasteiger partial charge in [-0.15, -0.1) is 0 Å². The Hall–Kier alpha value is -1.63. The average molecular weight is 255 g/mol. The first-order valence-corrected chi connectivity index (χ1v) is 6.19. The summed E-state index contributed by atoms with van der Waals surface area (Å²) in [5.41, 5.74) is 4.50. The molecule has 0 atom stereocenters. The summed E-state index contributed by atoms with van der Waals surface area (Å²) in [7, 11) is -2.69. The number of phenolic OH excluding ortho intramolecular Hbond substituents is 1. The summed E-state index contributed by atoms with van der Waals surface area (Å²) in [6, 6.07) is 8.80. The van der Waals surface area contributed by atoms with E-state index in [2.05, 4.69) is 5.73 Å². The summed E-state index contributed by atoms with van der Waals surface area (Å²) in [4.78, 5) is -0.180.